The van der Waals surface area contributed by atoms with Crippen LogP contribution in [0.25, 0.3) is 0 Å². The summed E-state index contributed by atoms with van der Waals surface area (Å²) >= 11 is 0. The third kappa shape index (κ3) is 4.15. The monoisotopic (exact) mass is 313 g/mol. The zero-order valence-electron chi connectivity index (χ0n) is 12.6. The summed E-state index contributed by atoms with van der Waals surface area (Å²) in [5.41, 5.74) is 0. The maximum absolute atomic E-state index is 12.5. The molecule has 2 rings (SSSR count). The van der Waals surface area contributed by atoms with Gasteiger partial charge in [0.1, 0.15) is 10.7 Å². The van der Waals surface area contributed by atoms with Crippen LogP contribution in [0.5, 0.6) is 0 Å². The van der Waals surface area contributed by atoms with Crippen molar-refractivity contribution in [1.29, 1.82) is 0 Å². The summed E-state index contributed by atoms with van der Waals surface area (Å²) in [6.45, 7) is 3.82. The summed E-state index contributed by atoms with van der Waals surface area (Å²) in [5.74, 6) is 0.676. The minimum atomic E-state index is -3.51. The van der Waals surface area contributed by atoms with Crippen LogP contribution in [-0.2, 0) is 14.8 Å². The largest absolute Gasteiger partial charge is 0.377 e. The van der Waals surface area contributed by atoms with Crippen LogP contribution in [0.4, 0.5) is 5.82 Å². The van der Waals surface area contributed by atoms with E-state index in [1.165, 1.54) is 10.5 Å². The van der Waals surface area contributed by atoms with Gasteiger partial charge in [-0.15, -0.1) is 0 Å². The summed E-state index contributed by atoms with van der Waals surface area (Å²) in [7, 11) is -1.92. The predicted octanol–water partition coefficient (Wildman–Crippen LogP) is 1.70. The van der Waals surface area contributed by atoms with E-state index >= 15 is 0 Å². The maximum Gasteiger partial charge on any atom is 0.244 e. The molecule has 1 aromatic rings. The van der Waals surface area contributed by atoms with E-state index in [0.717, 1.165) is 32.4 Å². The number of hydrogen-bond acceptors (Lipinski definition) is 5. The molecule has 0 amide bonds. The lowest BCUT2D eigenvalue weighted by atomic mass is 10.1. The lowest BCUT2D eigenvalue weighted by molar-refractivity contribution is 0.00858. The molecule has 1 aliphatic rings. The topological polar surface area (TPSA) is 71.5 Å². The maximum atomic E-state index is 12.5. The van der Waals surface area contributed by atoms with Gasteiger partial charge in [-0.1, -0.05) is 0 Å². The first kappa shape index (κ1) is 16.2. The number of likely N-dealkylation sites (N-methyl/N-ethyl adjacent to an activating group) is 1. The predicted molar refractivity (Wildman–Crippen MR) is 81.8 cm³/mol. The van der Waals surface area contributed by atoms with E-state index in [0.29, 0.717) is 12.4 Å². The van der Waals surface area contributed by atoms with Crippen molar-refractivity contribution in [3.8, 4) is 0 Å². The van der Waals surface area contributed by atoms with E-state index in [-0.39, 0.29) is 11.0 Å². The van der Waals surface area contributed by atoms with Gasteiger partial charge >= 0.3 is 0 Å². The van der Waals surface area contributed by atoms with Crippen molar-refractivity contribution in [3.05, 3.63) is 18.3 Å². The van der Waals surface area contributed by atoms with Gasteiger partial charge in [0, 0.05) is 32.9 Å². The minimum Gasteiger partial charge on any atom is -0.377 e. The Morgan fingerprint density at radius 1 is 1.43 bits per heavy atom. The van der Waals surface area contributed by atoms with Crippen LogP contribution in [-0.4, -0.2) is 50.6 Å². The Morgan fingerprint density at radius 3 is 2.81 bits per heavy atom. The van der Waals surface area contributed by atoms with Crippen molar-refractivity contribution in [2.75, 3.05) is 32.1 Å². The molecule has 1 aromatic heterocycles. The molecule has 0 saturated carbocycles. The lowest BCUT2D eigenvalue weighted by Gasteiger charge is -2.27. The highest BCUT2D eigenvalue weighted by atomic mass is 32.2. The second-order valence-electron chi connectivity index (χ2n) is 5.18. The zero-order chi connectivity index (χ0) is 15.3. The first-order valence-corrected chi connectivity index (χ1v) is 8.76. The summed E-state index contributed by atoms with van der Waals surface area (Å²) < 4.78 is 31.9. The van der Waals surface area contributed by atoms with Gasteiger partial charge in [-0.25, -0.2) is 13.4 Å². The number of aromatic nitrogens is 1. The second kappa shape index (κ2) is 7.20. The van der Waals surface area contributed by atoms with E-state index < -0.39 is 10.0 Å². The van der Waals surface area contributed by atoms with Gasteiger partial charge in [0.25, 0.3) is 0 Å². The molecule has 0 aliphatic carbocycles. The Hall–Kier alpha value is -1.18. The zero-order valence-corrected chi connectivity index (χ0v) is 13.4. The van der Waals surface area contributed by atoms with Crippen molar-refractivity contribution >= 4 is 15.8 Å². The summed E-state index contributed by atoms with van der Waals surface area (Å²) in [5, 5.41) is 3.04. The van der Waals surface area contributed by atoms with Crippen molar-refractivity contribution in [3.63, 3.8) is 0 Å². The molecule has 1 atom stereocenters. The number of sulfonamides is 1. The number of nitrogens with zero attached hydrogens (tertiary/aromatic N) is 2. The highest BCUT2D eigenvalue weighted by Gasteiger charge is 2.25. The van der Waals surface area contributed by atoms with Crippen molar-refractivity contribution < 1.29 is 13.2 Å². The molecule has 1 aliphatic heterocycles. The van der Waals surface area contributed by atoms with E-state index in [1.54, 1.807) is 19.2 Å². The molecule has 0 radical (unpaired) electrons. The van der Waals surface area contributed by atoms with Gasteiger partial charge in [0.15, 0.2) is 0 Å². The Labute approximate surface area is 126 Å². The fourth-order valence-corrected chi connectivity index (χ4v) is 3.48. The van der Waals surface area contributed by atoms with Gasteiger partial charge < -0.3 is 10.1 Å². The first-order valence-electron chi connectivity index (χ1n) is 7.32. The molecular formula is C14H23N3O3S. The highest BCUT2D eigenvalue weighted by molar-refractivity contribution is 7.89. The van der Waals surface area contributed by atoms with Crippen LogP contribution in [0.3, 0.4) is 0 Å². The SMILES string of the molecule is CCNc1ccc(S(=O)(=O)N(C)CC2CCCCO2)cn1. The normalized spacial score (nSPS) is 19.7. The summed E-state index contributed by atoms with van der Waals surface area (Å²) in [6.07, 6.45) is 4.45. The number of ether oxygens (including phenoxy) is 1. The lowest BCUT2D eigenvalue weighted by Crippen LogP contribution is -2.37. The Morgan fingerprint density at radius 2 is 2.24 bits per heavy atom. The molecule has 1 unspecified atom stereocenters. The Balaban J connectivity index is 2.05. The van der Waals surface area contributed by atoms with Gasteiger partial charge in [-0.3, -0.25) is 0 Å². The van der Waals surface area contributed by atoms with Crippen LogP contribution in [0.15, 0.2) is 23.2 Å². The van der Waals surface area contributed by atoms with Crippen molar-refractivity contribution in [2.45, 2.75) is 37.2 Å². The molecule has 2 heterocycles. The molecule has 0 spiro atoms. The molecule has 1 saturated heterocycles. The number of nitrogens with one attached hydrogen (secondary N) is 1. The highest BCUT2D eigenvalue weighted by Crippen LogP contribution is 2.19. The van der Waals surface area contributed by atoms with E-state index in [4.69, 9.17) is 4.74 Å². The van der Waals surface area contributed by atoms with Gasteiger partial charge in [-0.05, 0) is 38.3 Å². The van der Waals surface area contributed by atoms with Gasteiger partial charge in [0.2, 0.25) is 10.0 Å². The molecule has 1 N–H and O–H groups in total. The Kier molecular flexibility index (Phi) is 5.55. The first-order chi connectivity index (χ1) is 10.0. The van der Waals surface area contributed by atoms with Crippen LogP contribution in [0.1, 0.15) is 26.2 Å². The summed E-state index contributed by atoms with van der Waals surface area (Å²) in [4.78, 5) is 4.33. The molecule has 0 bridgehead atoms. The molecule has 118 valence electrons. The van der Waals surface area contributed by atoms with Crippen LogP contribution in [0.2, 0.25) is 0 Å². The molecule has 1 fully saturated rings. The van der Waals surface area contributed by atoms with Crippen LogP contribution in [0, 0.1) is 0 Å². The third-order valence-electron chi connectivity index (χ3n) is 3.54. The van der Waals surface area contributed by atoms with Crippen molar-refractivity contribution in [1.82, 2.24) is 9.29 Å². The van der Waals surface area contributed by atoms with Crippen LogP contribution >= 0.6 is 0 Å². The number of anilines is 1. The smallest absolute Gasteiger partial charge is 0.244 e. The fraction of sp³-hybridized carbons (Fsp3) is 0.643. The number of pyridine rings is 1. The van der Waals surface area contributed by atoms with E-state index in [1.807, 2.05) is 6.92 Å². The minimum absolute atomic E-state index is 0.00693. The third-order valence-corrected chi connectivity index (χ3v) is 5.34. The molecule has 6 nitrogen and oxygen atoms in total. The van der Waals surface area contributed by atoms with Crippen molar-refractivity contribution in [2.24, 2.45) is 0 Å². The molecule has 7 heteroatoms. The van der Waals surface area contributed by atoms with Gasteiger partial charge in [0.05, 0.1) is 6.10 Å². The second-order valence-corrected chi connectivity index (χ2v) is 7.23. The fourth-order valence-electron chi connectivity index (χ4n) is 2.33. The van der Waals surface area contributed by atoms with Crippen LogP contribution < -0.4 is 5.32 Å². The molecule has 21 heavy (non-hydrogen) atoms. The quantitative estimate of drug-likeness (QED) is 0.865. The average molecular weight is 313 g/mol. The van der Waals surface area contributed by atoms with Gasteiger partial charge in [-0.2, -0.15) is 4.31 Å². The number of rotatable bonds is 6. The standard InChI is InChI=1S/C14H23N3O3S/c1-3-15-14-8-7-13(10-16-14)21(18,19)17(2)11-12-6-4-5-9-20-12/h7-8,10,12H,3-6,9,11H2,1-2H3,(H,15,16). The van der Waals surface area contributed by atoms with E-state index in [9.17, 15) is 8.42 Å². The summed E-state index contributed by atoms with van der Waals surface area (Å²) in [6, 6.07) is 3.26. The molecule has 0 aromatic carbocycles. The molecular weight excluding hydrogens is 290 g/mol. The van der Waals surface area contributed by atoms with E-state index in [2.05, 4.69) is 10.3 Å². The Bertz CT molecular complexity index is 539. The number of hydrogen-bond donors (Lipinski definition) is 1. The average Bonchev–Trinajstić information content (AvgIpc) is 2.49.